The molecule has 3 N–H and O–H groups in total. The third kappa shape index (κ3) is 40.8. The number of carbonyl (C=O) groups excluding carboxylic acids is 2. The van der Waals surface area contributed by atoms with Crippen LogP contribution in [-0.2, 0) is 14.3 Å². The van der Waals surface area contributed by atoms with Crippen LogP contribution in [0.3, 0.4) is 0 Å². The van der Waals surface area contributed by atoms with Crippen LogP contribution in [0, 0.1) is 0 Å². The standard InChI is InChI=1S/C52H97NO5/c1-4-7-10-13-16-19-21-23-24-25-26-27-28-30-33-36-39-42-45-52(57)58-48(43-40-37-34-31-18-15-12-9-6-3)46-51(56)53-49(47-54)50(55)44-41-38-35-32-29-22-20-17-14-11-8-5-2/h15,18,24-27,48-50,54-55H,4-14,16-17,19-23,28-47H2,1-3H3,(H,53,56)/b18-15-,25-24+,27-26+. The maximum atomic E-state index is 13.1. The summed E-state index contributed by atoms with van der Waals surface area (Å²) in [4.78, 5) is 26.0. The Hall–Kier alpha value is -1.92. The van der Waals surface area contributed by atoms with Crippen molar-refractivity contribution in [2.45, 2.75) is 277 Å². The van der Waals surface area contributed by atoms with Crippen molar-refractivity contribution in [3.63, 3.8) is 0 Å². The number of hydrogen-bond acceptors (Lipinski definition) is 5. The van der Waals surface area contributed by atoms with Gasteiger partial charge in [-0.1, -0.05) is 211 Å². The molecular formula is C52H97NO5. The molecule has 0 aliphatic rings. The molecule has 3 unspecified atom stereocenters. The number of aliphatic hydroxyl groups is 2. The lowest BCUT2D eigenvalue weighted by atomic mass is 10.0. The Labute approximate surface area is 360 Å². The first-order valence-electron chi connectivity index (χ1n) is 25.2. The molecule has 0 fully saturated rings. The van der Waals surface area contributed by atoms with Crippen LogP contribution in [0.25, 0.3) is 0 Å². The van der Waals surface area contributed by atoms with Gasteiger partial charge in [-0.05, 0) is 70.6 Å². The lowest BCUT2D eigenvalue weighted by Crippen LogP contribution is -2.46. The summed E-state index contributed by atoms with van der Waals surface area (Å²) in [5, 5.41) is 23.7. The molecule has 6 heteroatoms. The van der Waals surface area contributed by atoms with Gasteiger partial charge >= 0.3 is 5.97 Å². The summed E-state index contributed by atoms with van der Waals surface area (Å²) in [5.74, 6) is -0.504. The lowest BCUT2D eigenvalue weighted by Gasteiger charge is -2.24. The molecule has 0 spiro atoms. The van der Waals surface area contributed by atoms with E-state index >= 15 is 0 Å². The topological polar surface area (TPSA) is 95.9 Å². The van der Waals surface area contributed by atoms with Gasteiger partial charge < -0.3 is 20.3 Å². The molecule has 0 saturated carbocycles. The number of aliphatic hydroxyl groups excluding tert-OH is 2. The molecule has 0 aliphatic carbocycles. The number of esters is 1. The number of carbonyl (C=O) groups is 2. The molecule has 0 heterocycles. The van der Waals surface area contributed by atoms with Crippen LogP contribution in [0.5, 0.6) is 0 Å². The van der Waals surface area contributed by atoms with Crippen LogP contribution >= 0.6 is 0 Å². The molecule has 340 valence electrons. The first-order valence-corrected chi connectivity index (χ1v) is 25.2. The number of allylic oxidation sites excluding steroid dienone is 6. The highest BCUT2D eigenvalue weighted by Gasteiger charge is 2.24. The first-order chi connectivity index (χ1) is 28.5. The van der Waals surface area contributed by atoms with Gasteiger partial charge in [0.15, 0.2) is 0 Å². The van der Waals surface area contributed by atoms with Crippen molar-refractivity contribution in [2.24, 2.45) is 0 Å². The second-order valence-corrected chi connectivity index (χ2v) is 17.2. The highest BCUT2D eigenvalue weighted by Crippen LogP contribution is 2.17. The van der Waals surface area contributed by atoms with Crippen molar-refractivity contribution < 1.29 is 24.5 Å². The lowest BCUT2D eigenvalue weighted by molar-refractivity contribution is -0.151. The van der Waals surface area contributed by atoms with Crippen LogP contribution in [0.15, 0.2) is 36.5 Å². The van der Waals surface area contributed by atoms with Crippen molar-refractivity contribution in [2.75, 3.05) is 6.61 Å². The van der Waals surface area contributed by atoms with E-state index in [-0.39, 0.29) is 24.9 Å². The van der Waals surface area contributed by atoms with Crippen molar-refractivity contribution in [3.05, 3.63) is 36.5 Å². The summed E-state index contributed by atoms with van der Waals surface area (Å²) in [5.41, 5.74) is 0. The monoisotopic (exact) mass is 816 g/mol. The molecule has 3 atom stereocenters. The van der Waals surface area contributed by atoms with Gasteiger partial charge in [0.2, 0.25) is 5.91 Å². The average molecular weight is 816 g/mol. The highest BCUT2D eigenvalue weighted by molar-refractivity contribution is 5.77. The van der Waals surface area contributed by atoms with Gasteiger partial charge in [-0.15, -0.1) is 0 Å². The Morgan fingerprint density at radius 2 is 0.897 bits per heavy atom. The van der Waals surface area contributed by atoms with Gasteiger partial charge in [0.1, 0.15) is 6.10 Å². The molecule has 1 amide bonds. The second kappa shape index (κ2) is 46.2. The molecule has 0 bridgehead atoms. The maximum Gasteiger partial charge on any atom is 0.306 e. The zero-order valence-electron chi connectivity index (χ0n) is 38.7. The van der Waals surface area contributed by atoms with Gasteiger partial charge in [0.25, 0.3) is 0 Å². The SMILES string of the molecule is CCCC/C=C\CCCCCC(CC(=O)NC(CO)C(O)CCCCCCCCCCCCCC)OC(=O)CCCCCCC/C=C/C=C/CCCCCCCCC. The van der Waals surface area contributed by atoms with E-state index in [2.05, 4.69) is 62.5 Å². The molecular weight excluding hydrogens is 719 g/mol. The maximum absolute atomic E-state index is 13.1. The van der Waals surface area contributed by atoms with Crippen LogP contribution in [0.4, 0.5) is 0 Å². The molecule has 0 aromatic carbocycles. The van der Waals surface area contributed by atoms with Crippen molar-refractivity contribution >= 4 is 11.9 Å². The van der Waals surface area contributed by atoms with E-state index in [1.807, 2.05) is 0 Å². The Bertz CT molecular complexity index is 961. The number of ether oxygens (including phenoxy) is 1. The van der Waals surface area contributed by atoms with Crippen molar-refractivity contribution in [1.82, 2.24) is 5.32 Å². The molecule has 0 rings (SSSR count). The van der Waals surface area contributed by atoms with Crippen molar-refractivity contribution in [1.29, 1.82) is 0 Å². The molecule has 58 heavy (non-hydrogen) atoms. The Kier molecular flexibility index (Phi) is 44.6. The van der Waals surface area contributed by atoms with Crippen molar-refractivity contribution in [3.8, 4) is 0 Å². The highest BCUT2D eigenvalue weighted by atomic mass is 16.5. The molecule has 0 aliphatic heterocycles. The fourth-order valence-corrected chi connectivity index (χ4v) is 7.58. The number of unbranched alkanes of at least 4 members (excludes halogenated alkanes) is 28. The van der Waals surface area contributed by atoms with Crippen LogP contribution in [0.1, 0.15) is 258 Å². The molecule has 0 radical (unpaired) electrons. The van der Waals surface area contributed by atoms with E-state index in [1.165, 1.54) is 128 Å². The molecule has 0 aromatic heterocycles. The molecule has 0 saturated heterocycles. The number of nitrogens with one attached hydrogen (secondary N) is 1. The molecule has 6 nitrogen and oxygen atoms in total. The zero-order chi connectivity index (χ0) is 42.4. The minimum atomic E-state index is -0.791. The van der Waals surface area contributed by atoms with Crippen LogP contribution in [-0.4, -0.2) is 46.9 Å². The third-order valence-corrected chi connectivity index (χ3v) is 11.5. The van der Waals surface area contributed by atoms with E-state index in [1.54, 1.807) is 0 Å². The van der Waals surface area contributed by atoms with E-state index in [0.29, 0.717) is 19.3 Å². The Morgan fingerprint density at radius 3 is 1.40 bits per heavy atom. The van der Waals surface area contributed by atoms with Gasteiger partial charge in [-0.25, -0.2) is 0 Å². The molecule has 0 aromatic rings. The normalized spacial score (nSPS) is 13.5. The minimum absolute atomic E-state index is 0.0618. The minimum Gasteiger partial charge on any atom is -0.462 e. The summed E-state index contributed by atoms with van der Waals surface area (Å²) in [6, 6.07) is -0.706. The van der Waals surface area contributed by atoms with E-state index in [0.717, 1.165) is 83.5 Å². The largest absolute Gasteiger partial charge is 0.462 e. The van der Waals surface area contributed by atoms with E-state index < -0.39 is 18.2 Å². The number of rotatable bonds is 45. The van der Waals surface area contributed by atoms with E-state index in [4.69, 9.17) is 4.74 Å². The van der Waals surface area contributed by atoms with E-state index in [9.17, 15) is 19.8 Å². The van der Waals surface area contributed by atoms with Gasteiger partial charge in [0.05, 0.1) is 25.2 Å². The fraction of sp³-hybridized carbons (Fsp3) is 0.846. The third-order valence-electron chi connectivity index (χ3n) is 11.5. The predicted octanol–water partition coefficient (Wildman–Crippen LogP) is 14.9. The van der Waals surface area contributed by atoms with Crippen LogP contribution in [0.2, 0.25) is 0 Å². The number of amides is 1. The van der Waals surface area contributed by atoms with Gasteiger partial charge in [0, 0.05) is 6.42 Å². The summed E-state index contributed by atoms with van der Waals surface area (Å²) >= 11 is 0. The Morgan fingerprint density at radius 1 is 0.500 bits per heavy atom. The predicted molar refractivity (Wildman–Crippen MR) is 250 cm³/mol. The summed E-state index contributed by atoms with van der Waals surface area (Å²) < 4.78 is 5.90. The summed E-state index contributed by atoms with van der Waals surface area (Å²) in [7, 11) is 0. The fourth-order valence-electron chi connectivity index (χ4n) is 7.58. The first kappa shape index (κ1) is 56.1. The van der Waals surface area contributed by atoms with Gasteiger partial charge in [-0.3, -0.25) is 9.59 Å². The van der Waals surface area contributed by atoms with Crippen LogP contribution < -0.4 is 5.32 Å². The number of hydrogen-bond donors (Lipinski definition) is 3. The average Bonchev–Trinajstić information content (AvgIpc) is 3.22. The quantitative estimate of drug-likeness (QED) is 0.0246. The smallest absolute Gasteiger partial charge is 0.306 e. The zero-order valence-corrected chi connectivity index (χ0v) is 38.7. The summed E-state index contributed by atoms with van der Waals surface area (Å²) in [6.45, 7) is 6.43. The Balaban J connectivity index is 4.49. The second-order valence-electron chi connectivity index (χ2n) is 17.2. The van der Waals surface area contributed by atoms with Gasteiger partial charge in [-0.2, -0.15) is 0 Å². The summed E-state index contributed by atoms with van der Waals surface area (Å²) in [6.07, 6.45) is 53.5.